The van der Waals surface area contributed by atoms with Gasteiger partial charge in [-0.15, -0.1) is 0 Å². The van der Waals surface area contributed by atoms with Crippen LogP contribution in [0.1, 0.15) is 39.7 Å². The van der Waals surface area contributed by atoms with Crippen LogP contribution in [0.15, 0.2) is 24.5 Å². The zero-order valence-corrected chi connectivity index (χ0v) is 11.9. The Labute approximate surface area is 110 Å². The van der Waals surface area contributed by atoms with E-state index in [-0.39, 0.29) is 6.10 Å². The molecule has 0 saturated heterocycles. The number of hydrogen-bond donors (Lipinski definition) is 1. The van der Waals surface area contributed by atoms with Crippen molar-refractivity contribution in [2.24, 2.45) is 0 Å². The molecular formula is C15H24N2O. The van der Waals surface area contributed by atoms with Gasteiger partial charge in [0.15, 0.2) is 0 Å². The van der Waals surface area contributed by atoms with Crippen molar-refractivity contribution in [3.8, 4) is 5.75 Å². The van der Waals surface area contributed by atoms with Gasteiger partial charge in [0.05, 0.1) is 12.3 Å². The Morgan fingerprint density at radius 3 is 2.89 bits per heavy atom. The van der Waals surface area contributed by atoms with Gasteiger partial charge in [0.25, 0.3) is 0 Å². The van der Waals surface area contributed by atoms with E-state index in [0.717, 1.165) is 30.8 Å². The molecule has 0 saturated carbocycles. The summed E-state index contributed by atoms with van der Waals surface area (Å²) in [6.45, 7) is 10.3. The summed E-state index contributed by atoms with van der Waals surface area (Å²) in [6, 6.07) is 2.05. The monoisotopic (exact) mass is 248 g/mol. The smallest absolute Gasteiger partial charge is 0.138 e. The first-order valence-corrected chi connectivity index (χ1v) is 6.63. The second-order valence-electron chi connectivity index (χ2n) is 4.61. The maximum absolute atomic E-state index is 5.65. The van der Waals surface area contributed by atoms with Crippen LogP contribution < -0.4 is 10.1 Å². The molecule has 0 amide bonds. The minimum atomic E-state index is 0.181. The highest BCUT2D eigenvalue weighted by molar-refractivity contribution is 5.63. The molecule has 3 nitrogen and oxygen atoms in total. The maximum atomic E-state index is 5.65. The molecule has 0 aliphatic rings. The molecule has 18 heavy (non-hydrogen) atoms. The van der Waals surface area contributed by atoms with E-state index >= 15 is 0 Å². The predicted molar refractivity (Wildman–Crippen MR) is 76.8 cm³/mol. The van der Waals surface area contributed by atoms with Crippen LogP contribution >= 0.6 is 0 Å². The van der Waals surface area contributed by atoms with Gasteiger partial charge in [0.1, 0.15) is 5.75 Å². The van der Waals surface area contributed by atoms with Gasteiger partial charge in [-0.2, -0.15) is 0 Å². The number of rotatable bonds is 7. The lowest BCUT2D eigenvalue weighted by molar-refractivity contribution is 0.241. The molecule has 0 bridgehead atoms. The van der Waals surface area contributed by atoms with Crippen LogP contribution in [0.3, 0.4) is 0 Å². The second-order valence-corrected chi connectivity index (χ2v) is 4.61. The molecule has 1 aromatic rings. The highest BCUT2D eigenvalue weighted by Gasteiger charge is 2.01. The van der Waals surface area contributed by atoms with Crippen molar-refractivity contribution in [1.82, 2.24) is 10.3 Å². The third kappa shape index (κ3) is 5.32. The Balaban J connectivity index is 2.64. The SMILES string of the molecule is CCNCC/C=C(/C)c1cncc(OC(C)C)c1. The van der Waals surface area contributed by atoms with E-state index < -0.39 is 0 Å². The highest BCUT2D eigenvalue weighted by Crippen LogP contribution is 2.19. The van der Waals surface area contributed by atoms with E-state index in [1.54, 1.807) is 6.20 Å². The zero-order valence-electron chi connectivity index (χ0n) is 11.9. The minimum absolute atomic E-state index is 0.181. The first kappa shape index (κ1) is 14.7. The molecule has 0 aromatic carbocycles. The Kier molecular flexibility index (Phi) is 6.44. The van der Waals surface area contributed by atoms with Crippen LogP contribution in [-0.4, -0.2) is 24.2 Å². The lowest BCUT2D eigenvalue weighted by atomic mass is 10.1. The Morgan fingerprint density at radius 1 is 1.44 bits per heavy atom. The number of ether oxygens (including phenoxy) is 1. The molecule has 3 heteroatoms. The van der Waals surface area contributed by atoms with E-state index in [0.29, 0.717) is 0 Å². The molecule has 1 rings (SSSR count). The van der Waals surface area contributed by atoms with Gasteiger partial charge in [-0.1, -0.05) is 13.0 Å². The first-order chi connectivity index (χ1) is 8.63. The lowest BCUT2D eigenvalue weighted by Gasteiger charge is -2.10. The second kappa shape index (κ2) is 7.88. The summed E-state index contributed by atoms with van der Waals surface area (Å²) in [5.41, 5.74) is 2.37. The Hall–Kier alpha value is -1.35. The number of allylic oxidation sites excluding steroid dienone is 1. The fourth-order valence-corrected chi connectivity index (χ4v) is 1.66. The summed E-state index contributed by atoms with van der Waals surface area (Å²) in [5.74, 6) is 0.835. The van der Waals surface area contributed by atoms with Gasteiger partial charge in [0, 0.05) is 6.20 Å². The van der Waals surface area contributed by atoms with Crippen molar-refractivity contribution < 1.29 is 4.74 Å². The number of nitrogens with zero attached hydrogens (tertiary/aromatic N) is 1. The van der Waals surface area contributed by atoms with Crippen LogP contribution in [0.4, 0.5) is 0 Å². The topological polar surface area (TPSA) is 34.2 Å². The first-order valence-electron chi connectivity index (χ1n) is 6.63. The minimum Gasteiger partial charge on any atom is -0.489 e. The molecule has 0 spiro atoms. The van der Waals surface area contributed by atoms with Gasteiger partial charge in [-0.3, -0.25) is 4.98 Å². The van der Waals surface area contributed by atoms with Crippen molar-refractivity contribution >= 4 is 5.57 Å². The molecule has 0 fully saturated rings. The highest BCUT2D eigenvalue weighted by atomic mass is 16.5. The van der Waals surface area contributed by atoms with Crippen LogP contribution in [0, 0.1) is 0 Å². The molecule has 0 aliphatic carbocycles. The Bertz CT molecular complexity index is 386. The van der Waals surface area contributed by atoms with Crippen LogP contribution in [0.2, 0.25) is 0 Å². The molecule has 1 aromatic heterocycles. The number of aromatic nitrogens is 1. The predicted octanol–water partition coefficient (Wildman–Crippen LogP) is 3.27. The molecule has 0 radical (unpaired) electrons. The van der Waals surface area contributed by atoms with Crippen molar-refractivity contribution in [3.63, 3.8) is 0 Å². The van der Waals surface area contributed by atoms with E-state index in [4.69, 9.17) is 4.74 Å². The molecule has 0 unspecified atom stereocenters. The number of pyridine rings is 1. The number of hydrogen-bond acceptors (Lipinski definition) is 3. The average molecular weight is 248 g/mol. The quantitative estimate of drug-likeness (QED) is 0.752. The normalized spacial score (nSPS) is 11.9. The zero-order chi connectivity index (χ0) is 13.4. The van der Waals surface area contributed by atoms with E-state index in [2.05, 4.69) is 30.2 Å². The summed E-state index contributed by atoms with van der Waals surface area (Å²) >= 11 is 0. The van der Waals surface area contributed by atoms with Gasteiger partial charge in [0.2, 0.25) is 0 Å². The Morgan fingerprint density at radius 2 is 2.22 bits per heavy atom. The molecule has 0 aliphatic heterocycles. The summed E-state index contributed by atoms with van der Waals surface area (Å²) in [7, 11) is 0. The van der Waals surface area contributed by atoms with Crippen molar-refractivity contribution in [1.29, 1.82) is 0 Å². The molecule has 0 atom stereocenters. The fraction of sp³-hybridized carbons (Fsp3) is 0.533. The average Bonchev–Trinajstić information content (AvgIpc) is 2.34. The largest absolute Gasteiger partial charge is 0.489 e. The number of nitrogens with one attached hydrogen (secondary N) is 1. The molecule has 1 N–H and O–H groups in total. The lowest BCUT2D eigenvalue weighted by Crippen LogP contribution is -2.13. The van der Waals surface area contributed by atoms with Gasteiger partial charge >= 0.3 is 0 Å². The van der Waals surface area contributed by atoms with Crippen LogP contribution in [-0.2, 0) is 0 Å². The molecule has 100 valence electrons. The fourth-order valence-electron chi connectivity index (χ4n) is 1.66. The van der Waals surface area contributed by atoms with Crippen molar-refractivity contribution in [2.75, 3.05) is 13.1 Å². The summed E-state index contributed by atoms with van der Waals surface area (Å²) in [5, 5.41) is 3.31. The van der Waals surface area contributed by atoms with Crippen LogP contribution in [0.5, 0.6) is 5.75 Å². The third-order valence-electron chi connectivity index (χ3n) is 2.56. The third-order valence-corrected chi connectivity index (χ3v) is 2.56. The van der Waals surface area contributed by atoms with E-state index in [9.17, 15) is 0 Å². The van der Waals surface area contributed by atoms with Gasteiger partial charge < -0.3 is 10.1 Å². The summed E-state index contributed by atoms with van der Waals surface area (Å²) in [4.78, 5) is 4.22. The molecule has 1 heterocycles. The van der Waals surface area contributed by atoms with Crippen LogP contribution in [0.25, 0.3) is 5.57 Å². The van der Waals surface area contributed by atoms with E-state index in [1.807, 2.05) is 26.1 Å². The summed E-state index contributed by atoms with van der Waals surface area (Å²) < 4.78 is 5.65. The van der Waals surface area contributed by atoms with E-state index in [1.165, 1.54) is 5.57 Å². The maximum Gasteiger partial charge on any atom is 0.138 e. The van der Waals surface area contributed by atoms with Crippen molar-refractivity contribution in [2.45, 2.75) is 40.2 Å². The van der Waals surface area contributed by atoms with Crippen molar-refractivity contribution in [3.05, 3.63) is 30.1 Å². The standard InChI is InChI=1S/C15H24N2O/c1-5-16-8-6-7-13(4)14-9-15(11-17-10-14)18-12(2)3/h7,9-12,16H,5-6,8H2,1-4H3/b13-7-. The van der Waals surface area contributed by atoms with Gasteiger partial charge in [-0.05, 0) is 57.5 Å². The summed E-state index contributed by atoms with van der Waals surface area (Å²) in [6.07, 6.45) is 7.09. The van der Waals surface area contributed by atoms with Gasteiger partial charge in [-0.25, -0.2) is 0 Å². The molecular weight excluding hydrogens is 224 g/mol.